The van der Waals surface area contributed by atoms with Crippen molar-refractivity contribution in [3.05, 3.63) is 97.2 Å². The molecule has 0 aliphatic rings. The van der Waals surface area contributed by atoms with Gasteiger partial charge in [-0.2, -0.15) is 0 Å². The number of carbonyl (C=O) groups is 2. The summed E-state index contributed by atoms with van der Waals surface area (Å²) in [5.74, 6) is -0.824. The third kappa shape index (κ3) is 73.9. The lowest BCUT2D eigenvalue weighted by Crippen LogP contribution is -2.29. The Labute approximate surface area is 550 Å². The van der Waals surface area contributed by atoms with Gasteiger partial charge in [-0.15, -0.1) is 0 Å². The Balaban J connectivity index is 3.84. The van der Waals surface area contributed by atoms with Crippen LogP contribution in [0.4, 0.5) is 0 Å². The summed E-state index contributed by atoms with van der Waals surface area (Å²) in [5, 5.41) is 0. The molecule has 0 radical (unpaired) electrons. The van der Waals surface area contributed by atoms with Gasteiger partial charge < -0.3 is 20.1 Å². The highest BCUT2D eigenvalue weighted by atomic mass is 31.2. The minimum absolute atomic E-state index is 0.0498. The number of hydrogen-bond acceptors (Lipinski definition) is 8. The number of carbonyl (C=O) groups excluding carboxylic acids is 2. The third-order valence-electron chi connectivity index (χ3n) is 16.5. The van der Waals surface area contributed by atoms with Crippen molar-refractivity contribution in [2.45, 2.75) is 367 Å². The maximum Gasteiger partial charge on any atom is 0.472 e. The molecule has 2 unspecified atom stereocenters. The average molecular weight is 1260 g/mol. The summed E-state index contributed by atoms with van der Waals surface area (Å²) in [6, 6.07) is 0. The molecule has 0 aromatic carbocycles. The Morgan fingerprint density at radius 1 is 0.348 bits per heavy atom. The van der Waals surface area contributed by atoms with Crippen molar-refractivity contribution in [3.8, 4) is 0 Å². The summed E-state index contributed by atoms with van der Waals surface area (Å²) in [4.78, 5) is 35.4. The fourth-order valence-corrected chi connectivity index (χ4v) is 11.7. The average Bonchev–Trinajstić information content (AvgIpc) is 3.68. The van der Waals surface area contributed by atoms with Gasteiger partial charge in [-0.25, -0.2) is 4.57 Å². The first kappa shape index (κ1) is 85.9. The van der Waals surface area contributed by atoms with E-state index in [9.17, 15) is 19.0 Å². The van der Waals surface area contributed by atoms with Gasteiger partial charge in [0.2, 0.25) is 0 Å². The van der Waals surface area contributed by atoms with E-state index in [0.29, 0.717) is 6.42 Å². The summed E-state index contributed by atoms with van der Waals surface area (Å²) in [7, 11) is -4.40. The van der Waals surface area contributed by atoms with Gasteiger partial charge in [0.05, 0.1) is 13.2 Å². The van der Waals surface area contributed by atoms with E-state index in [2.05, 4.69) is 111 Å². The largest absolute Gasteiger partial charge is 0.472 e. The van der Waals surface area contributed by atoms with Gasteiger partial charge in [-0.1, -0.05) is 349 Å². The van der Waals surface area contributed by atoms with Crippen LogP contribution in [0.1, 0.15) is 361 Å². The molecule has 0 aliphatic carbocycles. The lowest BCUT2D eigenvalue weighted by molar-refractivity contribution is -0.161. The smallest absolute Gasteiger partial charge is 0.462 e. The molecule has 0 spiro atoms. The van der Waals surface area contributed by atoms with Crippen molar-refractivity contribution in [3.63, 3.8) is 0 Å². The zero-order chi connectivity index (χ0) is 64.4. The quantitative estimate of drug-likeness (QED) is 0.0264. The van der Waals surface area contributed by atoms with Crippen molar-refractivity contribution >= 4 is 19.8 Å². The van der Waals surface area contributed by atoms with E-state index in [-0.39, 0.29) is 38.6 Å². The van der Waals surface area contributed by atoms with Crippen molar-refractivity contribution in [2.24, 2.45) is 5.73 Å². The highest BCUT2D eigenvalue weighted by Crippen LogP contribution is 2.43. The number of allylic oxidation sites excluding steroid dienone is 16. The molecule has 89 heavy (non-hydrogen) atoms. The number of phosphoric acid groups is 1. The van der Waals surface area contributed by atoms with E-state index in [0.717, 1.165) is 89.9 Å². The Morgan fingerprint density at radius 3 is 0.933 bits per heavy atom. The van der Waals surface area contributed by atoms with Crippen LogP contribution in [0.2, 0.25) is 0 Å². The van der Waals surface area contributed by atoms with Crippen molar-refractivity contribution in [1.82, 2.24) is 0 Å². The van der Waals surface area contributed by atoms with Crippen LogP contribution < -0.4 is 5.73 Å². The van der Waals surface area contributed by atoms with E-state index in [1.807, 2.05) is 0 Å². The minimum Gasteiger partial charge on any atom is -0.462 e. The molecular weight excluding hydrogens is 1120 g/mol. The lowest BCUT2D eigenvalue weighted by Gasteiger charge is -2.19. The van der Waals surface area contributed by atoms with E-state index < -0.39 is 26.5 Å². The van der Waals surface area contributed by atoms with Crippen LogP contribution in [0.25, 0.3) is 0 Å². The normalized spacial score (nSPS) is 13.4. The molecule has 2 atom stereocenters. The second-order valence-electron chi connectivity index (χ2n) is 25.1. The molecule has 0 bridgehead atoms. The van der Waals surface area contributed by atoms with Crippen LogP contribution in [-0.2, 0) is 32.7 Å². The maximum absolute atomic E-state index is 12.8. The summed E-state index contributed by atoms with van der Waals surface area (Å²) < 4.78 is 33.2. The predicted octanol–water partition coefficient (Wildman–Crippen LogP) is 25.1. The van der Waals surface area contributed by atoms with E-state index in [1.165, 1.54) is 238 Å². The molecule has 0 aliphatic heterocycles. The van der Waals surface area contributed by atoms with E-state index in [1.54, 1.807) is 0 Å². The number of ether oxygens (including phenoxy) is 2. The maximum atomic E-state index is 12.8. The standard InChI is InChI=1S/C79H142NO8P/c1-3-5-7-9-11-13-15-17-19-21-23-25-27-29-31-33-35-36-37-38-39-40-42-43-45-47-49-51-53-55-57-59-61-63-65-67-69-71-78(81)85-75-77(76-87-89(83,84)86-74-73-80)88-79(82)72-70-68-66-64-62-60-58-56-54-52-50-48-46-44-41-34-32-30-28-26-24-22-20-18-16-14-12-10-8-6-4-2/h6,8,12,14,18,20-21,23-24,26,30,32,41,44,48,50,77H,3-5,7,9-11,13,15-17,19,22,25,27-29,31,33-40,42-43,45-47,49,51-76,80H2,1-2H3,(H,83,84)/b8-6-,14-12-,20-18-,23-21-,26-24-,32-30-,44-41-,50-48-. The van der Waals surface area contributed by atoms with Gasteiger partial charge in [-0.05, 0) is 96.3 Å². The molecule has 9 nitrogen and oxygen atoms in total. The highest BCUT2D eigenvalue weighted by molar-refractivity contribution is 7.47. The third-order valence-corrected chi connectivity index (χ3v) is 17.4. The van der Waals surface area contributed by atoms with Crippen LogP contribution >= 0.6 is 7.82 Å². The summed E-state index contributed by atoms with van der Waals surface area (Å²) >= 11 is 0. The molecule has 0 amide bonds. The Hall–Kier alpha value is -3.07. The first-order valence-electron chi connectivity index (χ1n) is 37.7. The number of phosphoric ester groups is 1. The summed E-state index contributed by atoms with van der Waals surface area (Å²) in [6.07, 6.45) is 101. The van der Waals surface area contributed by atoms with Crippen LogP contribution in [0, 0.1) is 0 Å². The molecule has 0 heterocycles. The molecule has 0 fully saturated rings. The Morgan fingerprint density at radius 2 is 0.618 bits per heavy atom. The van der Waals surface area contributed by atoms with Crippen LogP contribution in [0.15, 0.2) is 97.2 Å². The van der Waals surface area contributed by atoms with Crippen molar-refractivity contribution < 1.29 is 37.6 Å². The van der Waals surface area contributed by atoms with E-state index >= 15 is 0 Å². The minimum atomic E-state index is -4.40. The van der Waals surface area contributed by atoms with E-state index in [4.69, 9.17) is 24.3 Å². The lowest BCUT2D eigenvalue weighted by atomic mass is 10.0. The zero-order valence-electron chi connectivity index (χ0n) is 58.2. The number of unbranched alkanes of at least 4 members (excludes halogenated alkanes) is 42. The molecule has 0 rings (SSSR count). The Kier molecular flexibility index (Phi) is 71.4. The topological polar surface area (TPSA) is 134 Å². The SMILES string of the molecule is CC/C=C\C/C=C\C/C=C\C/C=C\C/C=C\C/C=C\C/C=C\CCCCCCCCCCCC(=O)OC(COC(=O)CCCCCCCCCCCCCCCCCCCCCCCCCCC/C=C\CCCCCCCCCC)COP(=O)(O)OCCN. The van der Waals surface area contributed by atoms with Gasteiger partial charge in [-0.3, -0.25) is 18.6 Å². The zero-order valence-corrected chi connectivity index (χ0v) is 59.1. The van der Waals surface area contributed by atoms with Gasteiger partial charge in [0.1, 0.15) is 6.61 Å². The molecule has 516 valence electrons. The predicted molar refractivity (Wildman–Crippen MR) is 385 cm³/mol. The Bertz CT molecular complexity index is 1780. The first-order chi connectivity index (χ1) is 43.8. The van der Waals surface area contributed by atoms with Crippen LogP contribution in [0.3, 0.4) is 0 Å². The number of esters is 2. The molecule has 0 aromatic heterocycles. The molecule has 0 aromatic rings. The number of nitrogens with two attached hydrogens (primary N) is 1. The fourth-order valence-electron chi connectivity index (χ4n) is 10.9. The van der Waals surface area contributed by atoms with Crippen molar-refractivity contribution in [2.75, 3.05) is 26.4 Å². The van der Waals surface area contributed by atoms with Crippen molar-refractivity contribution in [1.29, 1.82) is 0 Å². The van der Waals surface area contributed by atoms with Crippen LogP contribution in [-0.4, -0.2) is 49.3 Å². The van der Waals surface area contributed by atoms with Gasteiger partial charge in [0.15, 0.2) is 6.10 Å². The number of rotatable bonds is 71. The van der Waals surface area contributed by atoms with Gasteiger partial charge >= 0.3 is 19.8 Å². The first-order valence-corrected chi connectivity index (χ1v) is 39.2. The second-order valence-corrected chi connectivity index (χ2v) is 26.6. The molecule has 0 saturated heterocycles. The molecule has 3 N–H and O–H groups in total. The summed E-state index contributed by atoms with van der Waals surface area (Å²) in [6.45, 7) is 3.67. The van der Waals surface area contributed by atoms with Gasteiger partial charge in [0.25, 0.3) is 0 Å². The summed E-state index contributed by atoms with van der Waals surface area (Å²) in [5.41, 5.74) is 5.41. The van der Waals surface area contributed by atoms with Gasteiger partial charge in [0, 0.05) is 19.4 Å². The monoisotopic (exact) mass is 1260 g/mol. The number of hydrogen-bond donors (Lipinski definition) is 2. The van der Waals surface area contributed by atoms with Crippen LogP contribution in [0.5, 0.6) is 0 Å². The molecule has 0 saturated carbocycles. The molecule has 10 heteroatoms. The fraction of sp³-hybridized carbons (Fsp3) is 0.772. The second kappa shape index (κ2) is 74.0. The highest BCUT2D eigenvalue weighted by Gasteiger charge is 2.26. The molecular formula is C79H142NO8P.